The van der Waals surface area contributed by atoms with Crippen LogP contribution < -0.4 is 9.47 Å². The number of methoxy groups -OCH3 is 4. The highest BCUT2D eigenvalue weighted by molar-refractivity contribution is 5.83. The molecule has 0 saturated heterocycles. The fourth-order valence-corrected chi connectivity index (χ4v) is 16.4. The van der Waals surface area contributed by atoms with Crippen molar-refractivity contribution < 1.29 is 123 Å². The van der Waals surface area contributed by atoms with Crippen molar-refractivity contribution >= 4 is 0 Å². The Hall–Kier alpha value is -6.82. The first kappa shape index (κ1) is 128. The van der Waals surface area contributed by atoms with E-state index in [2.05, 4.69) is 191 Å². The van der Waals surface area contributed by atoms with E-state index < -0.39 is 0 Å². The second kappa shape index (κ2) is 90.5. The quantitative estimate of drug-likeness (QED) is 0.0322. The molecule has 0 aliphatic heterocycles. The van der Waals surface area contributed by atoms with E-state index in [1.165, 1.54) is 77.0 Å². The lowest BCUT2D eigenvalue weighted by atomic mass is 9.94. The summed E-state index contributed by atoms with van der Waals surface area (Å²) in [5.74, 6) is 0.376. The van der Waals surface area contributed by atoms with Gasteiger partial charge in [0.25, 0.3) is 0 Å². The van der Waals surface area contributed by atoms with E-state index in [9.17, 15) is 0 Å². The average Bonchev–Trinajstić information content (AvgIpc) is 0.780. The van der Waals surface area contributed by atoms with Crippen LogP contribution in [0.5, 0.6) is 11.5 Å². The van der Waals surface area contributed by atoms with E-state index in [-0.39, 0.29) is 61.9 Å². The number of rotatable bonds is 104. The predicted molar refractivity (Wildman–Crippen MR) is 590 cm³/mol. The van der Waals surface area contributed by atoms with Crippen LogP contribution in [0.15, 0.2) is 170 Å². The molecule has 7 rings (SSSR count). The fraction of sp³-hybridized carbons (Fsp3) is 0.656. The first-order valence-corrected chi connectivity index (χ1v) is 55.8. The third kappa shape index (κ3) is 61.9. The zero-order valence-corrected chi connectivity index (χ0v) is 91.9. The molecule has 0 aliphatic rings. The maximum Gasteiger partial charge on any atom is 0.128 e. The average molecular weight is 2070 g/mol. The van der Waals surface area contributed by atoms with Gasteiger partial charge in [-0.15, -0.1) is 0 Å². The van der Waals surface area contributed by atoms with E-state index in [0.29, 0.717) is 289 Å². The molecule has 148 heavy (non-hydrogen) atoms. The van der Waals surface area contributed by atoms with E-state index in [4.69, 9.17) is 123 Å². The summed E-state index contributed by atoms with van der Waals surface area (Å²) in [6.45, 7) is 29.0. The summed E-state index contributed by atoms with van der Waals surface area (Å²) in [6.07, 6.45) is 23.3. The molecule has 7 aromatic carbocycles. The molecule has 7 aromatic rings. The van der Waals surface area contributed by atoms with Gasteiger partial charge >= 0.3 is 0 Å². The Morgan fingerprint density at radius 3 is 0.514 bits per heavy atom. The van der Waals surface area contributed by atoms with Crippen LogP contribution in [0.1, 0.15) is 156 Å². The smallest absolute Gasteiger partial charge is 0.128 e. The van der Waals surface area contributed by atoms with Crippen LogP contribution >= 0.6 is 0 Å². The number of benzene rings is 7. The van der Waals surface area contributed by atoms with Crippen LogP contribution in [-0.4, -0.2) is 332 Å². The molecular formula is C122H190O26. The van der Waals surface area contributed by atoms with Gasteiger partial charge in [0.2, 0.25) is 0 Å². The summed E-state index contributed by atoms with van der Waals surface area (Å²) in [5, 5.41) is 0. The topological polar surface area (TPSA) is 240 Å². The normalized spacial score (nSPS) is 11.9. The molecule has 26 nitrogen and oxygen atoms in total. The van der Waals surface area contributed by atoms with Crippen molar-refractivity contribution in [2.45, 2.75) is 156 Å². The largest absolute Gasteiger partial charge is 0.492 e. The second-order valence-electron chi connectivity index (χ2n) is 38.0. The number of ether oxygens (including phenoxy) is 26. The lowest BCUT2D eigenvalue weighted by Gasteiger charge is -2.25. The Morgan fingerprint density at radius 1 is 0.149 bits per heavy atom. The van der Waals surface area contributed by atoms with Crippen LogP contribution in [-0.2, 0) is 114 Å². The number of unbranched alkanes of at least 4 members (excludes halogenated alkanes) is 16. The van der Waals surface area contributed by atoms with Crippen molar-refractivity contribution in [3.8, 4) is 78.3 Å². The lowest BCUT2D eigenvalue weighted by Crippen LogP contribution is -2.30. The minimum atomic E-state index is -0.350. The third-order valence-electron chi connectivity index (χ3n) is 25.0. The highest BCUT2D eigenvalue weighted by atomic mass is 16.6. The molecule has 0 N–H and O–H groups in total. The maximum absolute atomic E-state index is 7.57. The van der Waals surface area contributed by atoms with E-state index in [1.807, 2.05) is 6.07 Å². The zero-order chi connectivity index (χ0) is 104. The van der Waals surface area contributed by atoms with Gasteiger partial charge in [0, 0.05) is 102 Å². The van der Waals surface area contributed by atoms with Gasteiger partial charge in [-0.1, -0.05) is 288 Å². The molecule has 0 aliphatic carbocycles. The standard InChI is InChI=1S/C122H190O26/c1-9-13-17-21-31-55-135-85-103(86-136-56-32-22-18-14-10-2)93-143-97-107(98-144-94-104(87-137-57-33-23-19-15-11-3)88-138-58-34-24-20-16-12-4)101-147-121-83-120(118-53-49-116(50-54-118)114-45-41-112(42-46-114)110-37-29-26-30-38-110)122(84-119(121)117-51-47-115(48-52-117)113-43-39-111(40-44-113)109-35-27-25-28-36-109)148-102-108(99-145-95-105(89-139-79-75-131-71-67-127-63-59-123-5)90-140-80-76-132-72-68-128-64-60-124-6)100-146-96-106(91-141-81-77-133-73-69-129-65-61-125-7)92-142-82-78-134-74-70-130-66-62-126-8/h25-30,35-54,83-84,103-108H,9-24,31-34,55-82,85-102H2,1-8H3. The summed E-state index contributed by atoms with van der Waals surface area (Å²) >= 11 is 0. The summed E-state index contributed by atoms with van der Waals surface area (Å²) < 4.78 is 161. The third-order valence-corrected chi connectivity index (χ3v) is 25.0. The predicted octanol–water partition coefficient (Wildman–Crippen LogP) is 22.9. The molecule has 0 atom stereocenters. The Morgan fingerprint density at radius 2 is 0.311 bits per heavy atom. The van der Waals surface area contributed by atoms with Crippen LogP contribution in [0.4, 0.5) is 0 Å². The maximum atomic E-state index is 7.57. The molecule has 0 radical (unpaired) electrons. The molecule has 26 heteroatoms. The molecule has 0 saturated carbocycles. The second-order valence-corrected chi connectivity index (χ2v) is 38.0. The van der Waals surface area contributed by atoms with Crippen molar-refractivity contribution in [1.82, 2.24) is 0 Å². The van der Waals surface area contributed by atoms with Crippen molar-refractivity contribution in [3.05, 3.63) is 170 Å². The minimum absolute atomic E-state index is 0.0188. The highest BCUT2D eigenvalue weighted by Crippen LogP contribution is 2.43. The van der Waals surface area contributed by atoms with Crippen LogP contribution in [0, 0.1) is 35.5 Å². The van der Waals surface area contributed by atoms with Crippen LogP contribution in [0.25, 0.3) is 66.8 Å². The van der Waals surface area contributed by atoms with Crippen LogP contribution in [0.3, 0.4) is 0 Å². The van der Waals surface area contributed by atoms with Gasteiger partial charge in [0.1, 0.15) is 11.5 Å². The number of hydrogen-bond donors (Lipinski definition) is 0. The Kier molecular flexibility index (Phi) is 78.3. The first-order chi connectivity index (χ1) is 73.3. The van der Waals surface area contributed by atoms with Gasteiger partial charge < -0.3 is 123 Å². The monoisotopic (exact) mass is 2070 g/mol. The number of hydrogen-bond acceptors (Lipinski definition) is 26. The molecule has 0 bridgehead atoms. The van der Waals surface area contributed by atoms with Crippen molar-refractivity contribution in [2.75, 3.05) is 332 Å². The van der Waals surface area contributed by atoms with E-state index >= 15 is 0 Å². The fourth-order valence-electron chi connectivity index (χ4n) is 16.4. The zero-order valence-electron chi connectivity index (χ0n) is 91.9. The summed E-state index contributed by atoms with van der Waals surface area (Å²) in [6, 6.07) is 60.4. The molecule has 0 fully saturated rings. The highest BCUT2D eigenvalue weighted by Gasteiger charge is 2.25. The van der Waals surface area contributed by atoms with Gasteiger partial charge in [-0.25, -0.2) is 0 Å². The van der Waals surface area contributed by atoms with Gasteiger partial charge in [-0.2, -0.15) is 0 Å². The molecule has 0 aromatic heterocycles. The molecule has 834 valence electrons. The van der Waals surface area contributed by atoms with Crippen molar-refractivity contribution in [3.63, 3.8) is 0 Å². The van der Waals surface area contributed by atoms with Gasteiger partial charge in [0.05, 0.1) is 277 Å². The van der Waals surface area contributed by atoms with E-state index in [0.717, 1.165) is 118 Å². The summed E-state index contributed by atoms with van der Waals surface area (Å²) in [4.78, 5) is 0. The Labute approximate surface area is 890 Å². The molecule has 0 heterocycles. The summed E-state index contributed by atoms with van der Waals surface area (Å²) in [5.41, 5.74) is 12.4. The van der Waals surface area contributed by atoms with Gasteiger partial charge in [0.15, 0.2) is 0 Å². The Balaban J connectivity index is 1.32. The van der Waals surface area contributed by atoms with Gasteiger partial charge in [-0.3, -0.25) is 0 Å². The van der Waals surface area contributed by atoms with E-state index in [1.54, 1.807) is 28.4 Å². The molecule has 0 unspecified atom stereocenters. The molecular weight excluding hydrogens is 1880 g/mol. The Bertz CT molecular complexity index is 3760. The van der Waals surface area contributed by atoms with Crippen molar-refractivity contribution in [2.24, 2.45) is 35.5 Å². The first-order valence-electron chi connectivity index (χ1n) is 55.8. The summed E-state index contributed by atoms with van der Waals surface area (Å²) in [7, 11) is 6.63. The SMILES string of the molecule is CCCCCCCOCC(COCCCCCCC)COCC(COCC(COCCCCCCC)COCCCCCCC)COc1cc(-c2ccc(-c3ccc(-c4ccccc4)cc3)cc2)c(OCC(COCC(COCCOCCOCCOC)COCCOCCOCCOC)COCC(COCCOCCOCCOC)COCCOCCOCCOC)cc1-c1ccc(-c2ccc(-c3ccccc3)cc2)cc1. The molecule has 0 spiro atoms. The van der Waals surface area contributed by atoms with Crippen molar-refractivity contribution in [1.29, 1.82) is 0 Å². The van der Waals surface area contributed by atoms with Crippen LogP contribution in [0.2, 0.25) is 0 Å². The minimum Gasteiger partial charge on any atom is -0.492 e. The molecule has 0 amide bonds. The lowest BCUT2D eigenvalue weighted by molar-refractivity contribution is -0.0568. The van der Waals surface area contributed by atoms with Gasteiger partial charge in [-0.05, 0) is 93.5 Å².